The van der Waals surface area contributed by atoms with Gasteiger partial charge in [-0.2, -0.15) is 5.10 Å². The van der Waals surface area contributed by atoms with E-state index < -0.39 is 0 Å². The molecule has 4 heteroatoms. The minimum atomic E-state index is 0.994. The standard InChI is InChI=1S/C10H15N3S/c1-4-9-7-14-10(13-9)8(2)5-6-12-11-3/h5-7,11H,4H2,1-3H3/b8-5+,12-6-. The molecule has 0 amide bonds. The summed E-state index contributed by atoms with van der Waals surface area (Å²) in [5.74, 6) is 0. The average molecular weight is 209 g/mol. The van der Waals surface area contributed by atoms with Gasteiger partial charge in [0.1, 0.15) is 5.01 Å². The van der Waals surface area contributed by atoms with Crippen LogP contribution >= 0.6 is 11.3 Å². The smallest absolute Gasteiger partial charge is 0.119 e. The number of nitrogens with zero attached hydrogens (tertiary/aromatic N) is 2. The summed E-state index contributed by atoms with van der Waals surface area (Å²) in [4.78, 5) is 4.48. The summed E-state index contributed by atoms with van der Waals surface area (Å²) in [6, 6.07) is 0. The van der Waals surface area contributed by atoms with Crippen molar-refractivity contribution in [3.05, 3.63) is 22.2 Å². The second kappa shape index (κ2) is 5.54. The highest BCUT2D eigenvalue weighted by atomic mass is 32.1. The molecule has 3 nitrogen and oxygen atoms in total. The van der Waals surface area contributed by atoms with Crippen molar-refractivity contribution in [2.24, 2.45) is 5.10 Å². The van der Waals surface area contributed by atoms with Gasteiger partial charge >= 0.3 is 0 Å². The molecule has 0 bridgehead atoms. The highest BCUT2D eigenvalue weighted by Gasteiger charge is 2.00. The number of hydrogen-bond donors (Lipinski definition) is 1. The first kappa shape index (κ1) is 10.9. The number of aryl methyl sites for hydroxylation is 1. The van der Waals surface area contributed by atoms with E-state index in [4.69, 9.17) is 0 Å². The van der Waals surface area contributed by atoms with Gasteiger partial charge in [0.05, 0.1) is 5.69 Å². The SMILES string of the molecule is CCc1csc(/C(C)=C/C=N\NC)n1. The molecule has 0 saturated carbocycles. The van der Waals surface area contributed by atoms with Gasteiger partial charge in [-0.3, -0.25) is 0 Å². The van der Waals surface area contributed by atoms with E-state index in [0.29, 0.717) is 0 Å². The molecule has 0 radical (unpaired) electrons. The molecule has 1 heterocycles. The zero-order chi connectivity index (χ0) is 10.4. The maximum absolute atomic E-state index is 4.48. The molecule has 0 aromatic carbocycles. The van der Waals surface area contributed by atoms with Gasteiger partial charge in [-0.15, -0.1) is 11.3 Å². The Kier molecular flexibility index (Phi) is 4.32. The third kappa shape index (κ3) is 2.96. The minimum absolute atomic E-state index is 0.994. The number of rotatable bonds is 4. The number of hydrazone groups is 1. The van der Waals surface area contributed by atoms with E-state index in [1.807, 2.05) is 13.0 Å². The first-order chi connectivity index (χ1) is 6.77. The van der Waals surface area contributed by atoms with Crippen LogP contribution in [0.5, 0.6) is 0 Å². The third-order valence-electron chi connectivity index (χ3n) is 1.78. The summed E-state index contributed by atoms with van der Waals surface area (Å²) in [7, 11) is 1.78. The molecular weight excluding hydrogens is 194 g/mol. The van der Waals surface area contributed by atoms with Crippen molar-refractivity contribution in [2.75, 3.05) is 7.05 Å². The van der Waals surface area contributed by atoms with Crippen LogP contribution in [0.15, 0.2) is 16.6 Å². The second-order valence-electron chi connectivity index (χ2n) is 2.85. The normalized spacial score (nSPS) is 12.4. The lowest BCUT2D eigenvalue weighted by Gasteiger charge is -1.91. The summed E-state index contributed by atoms with van der Waals surface area (Å²) in [5.41, 5.74) is 5.00. The summed E-state index contributed by atoms with van der Waals surface area (Å²) in [6.07, 6.45) is 4.69. The van der Waals surface area contributed by atoms with Crippen molar-refractivity contribution < 1.29 is 0 Å². The Morgan fingerprint density at radius 1 is 1.71 bits per heavy atom. The van der Waals surface area contributed by atoms with Crippen LogP contribution in [-0.4, -0.2) is 18.2 Å². The number of allylic oxidation sites excluding steroid dienone is 2. The number of thiazole rings is 1. The lowest BCUT2D eigenvalue weighted by Crippen LogP contribution is -1.92. The molecule has 0 aliphatic heterocycles. The Bertz CT molecular complexity index is 339. The van der Waals surface area contributed by atoms with Gasteiger partial charge in [0, 0.05) is 18.6 Å². The van der Waals surface area contributed by atoms with Gasteiger partial charge < -0.3 is 5.43 Å². The molecule has 0 aliphatic carbocycles. The van der Waals surface area contributed by atoms with E-state index in [-0.39, 0.29) is 0 Å². The topological polar surface area (TPSA) is 37.3 Å². The van der Waals surface area contributed by atoms with Crippen LogP contribution in [0.3, 0.4) is 0 Å². The maximum atomic E-state index is 4.48. The van der Waals surface area contributed by atoms with Crippen LogP contribution in [0.1, 0.15) is 24.5 Å². The molecule has 0 fully saturated rings. The van der Waals surface area contributed by atoms with Crippen LogP contribution in [0.4, 0.5) is 0 Å². The van der Waals surface area contributed by atoms with Crippen LogP contribution in [0.2, 0.25) is 0 Å². The van der Waals surface area contributed by atoms with E-state index in [1.54, 1.807) is 24.6 Å². The summed E-state index contributed by atoms with van der Waals surface area (Å²) in [5, 5.41) is 7.06. The zero-order valence-corrected chi connectivity index (χ0v) is 9.56. The number of hydrogen-bond acceptors (Lipinski definition) is 4. The van der Waals surface area contributed by atoms with Crippen molar-refractivity contribution in [1.29, 1.82) is 0 Å². The molecule has 0 spiro atoms. The fourth-order valence-corrected chi connectivity index (χ4v) is 1.84. The Morgan fingerprint density at radius 3 is 3.07 bits per heavy atom. The van der Waals surface area contributed by atoms with Crippen molar-refractivity contribution >= 4 is 23.1 Å². The van der Waals surface area contributed by atoms with Crippen LogP contribution < -0.4 is 5.43 Å². The Balaban J connectivity index is 2.73. The molecule has 1 aromatic rings. The minimum Gasteiger partial charge on any atom is -0.313 e. The van der Waals surface area contributed by atoms with E-state index in [1.165, 1.54) is 0 Å². The number of aromatic nitrogens is 1. The van der Waals surface area contributed by atoms with Crippen LogP contribution in [0, 0.1) is 0 Å². The maximum Gasteiger partial charge on any atom is 0.119 e. The van der Waals surface area contributed by atoms with E-state index in [2.05, 4.69) is 27.8 Å². The highest BCUT2D eigenvalue weighted by molar-refractivity contribution is 7.10. The largest absolute Gasteiger partial charge is 0.313 e. The Morgan fingerprint density at radius 2 is 2.50 bits per heavy atom. The molecule has 76 valence electrons. The van der Waals surface area contributed by atoms with Gasteiger partial charge in [0.15, 0.2) is 0 Å². The molecule has 0 atom stereocenters. The molecular formula is C10H15N3S. The van der Waals surface area contributed by atoms with Crippen LogP contribution in [-0.2, 0) is 6.42 Å². The average Bonchev–Trinajstić information content (AvgIpc) is 2.66. The van der Waals surface area contributed by atoms with Crippen LogP contribution in [0.25, 0.3) is 5.57 Å². The fourth-order valence-electron chi connectivity index (χ4n) is 0.945. The lowest BCUT2D eigenvalue weighted by molar-refractivity contribution is 0.909. The van der Waals surface area contributed by atoms with E-state index in [9.17, 15) is 0 Å². The van der Waals surface area contributed by atoms with Gasteiger partial charge in [-0.05, 0) is 25.0 Å². The first-order valence-corrected chi connectivity index (χ1v) is 5.47. The summed E-state index contributed by atoms with van der Waals surface area (Å²) < 4.78 is 0. The Hall–Kier alpha value is -1.16. The zero-order valence-electron chi connectivity index (χ0n) is 8.74. The molecule has 14 heavy (non-hydrogen) atoms. The third-order valence-corrected chi connectivity index (χ3v) is 2.81. The monoisotopic (exact) mass is 209 g/mol. The van der Waals surface area contributed by atoms with Gasteiger partial charge in [0.2, 0.25) is 0 Å². The highest BCUT2D eigenvalue weighted by Crippen LogP contribution is 2.18. The van der Waals surface area contributed by atoms with Gasteiger partial charge in [-0.1, -0.05) is 6.92 Å². The summed E-state index contributed by atoms with van der Waals surface area (Å²) in [6.45, 7) is 4.15. The molecule has 0 saturated heterocycles. The molecule has 0 unspecified atom stereocenters. The van der Waals surface area contributed by atoms with Gasteiger partial charge in [0.25, 0.3) is 0 Å². The van der Waals surface area contributed by atoms with E-state index >= 15 is 0 Å². The number of nitrogens with one attached hydrogen (secondary N) is 1. The lowest BCUT2D eigenvalue weighted by atomic mass is 10.3. The summed E-state index contributed by atoms with van der Waals surface area (Å²) >= 11 is 1.68. The molecule has 1 N–H and O–H groups in total. The van der Waals surface area contributed by atoms with Crippen molar-refractivity contribution in [2.45, 2.75) is 20.3 Å². The molecule has 1 rings (SSSR count). The van der Waals surface area contributed by atoms with E-state index in [0.717, 1.165) is 22.7 Å². The first-order valence-electron chi connectivity index (χ1n) is 4.59. The fraction of sp³-hybridized carbons (Fsp3) is 0.400. The molecule has 1 aromatic heterocycles. The second-order valence-corrected chi connectivity index (χ2v) is 3.71. The predicted molar refractivity (Wildman–Crippen MR) is 62.7 cm³/mol. The molecule has 0 aliphatic rings. The quantitative estimate of drug-likeness (QED) is 0.610. The van der Waals surface area contributed by atoms with Crippen molar-refractivity contribution in [3.63, 3.8) is 0 Å². The van der Waals surface area contributed by atoms with Gasteiger partial charge in [-0.25, -0.2) is 4.98 Å². The Labute approximate surface area is 88.6 Å². The van der Waals surface area contributed by atoms with Crippen molar-refractivity contribution in [1.82, 2.24) is 10.4 Å². The van der Waals surface area contributed by atoms with Crippen molar-refractivity contribution in [3.8, 4) is 0 Å². The predicted octanol–water partition coefficient (Wildman–Crippen LogP) is 2.31.